The van der Waals surface area contributed by atoms with Crippen molar-refractivity contribution in [2.24, 2.45) is 0 Å². The van der Waals surface area contributed by atoms with Crippen LogP contribution in [0.15, 0.2) is 59.5 Å². The lowest BCUT2D eigenvalue weighted by Crippen LogP contribution is -2.34. The van der Waals surface area contributed by atoms with Gasteiger partial charge in [-0.25, -0.2) is 16.8 Å². The summed E-state index contributed by atoms with van der Waals surface area (Å²) in [5.74, 6) is -0.302. The Kier molecular flexibility index (Phi) is 5.30. The summed E-state index contributed by atoms with van der Waals surface area (Å²) in [5, 5.41) is 1.36. The SMILES string of the molecule is CS(=O)(=O)CCN(c1sc2ccccc2c1Cl)S(=O)(=O)c1ccccc1. The summed E-state index contributed by atoms with van der Waals surface area (Å²) in [6, 6.07) is 15.2. The summed E-state index contributed by atoms with van der Waals surface area (Å²) in [6.45, 7) is -0.206. The summed E-state index contributed by atoms with van der Waals surface area (Å²) in [4.78, 5) is 0.0852. The Morgan fingerprint density at radius 2 is 1.58 bits per heavy atom. The van der Waals surface area contributed by atoms with Crippen LogP contribution in [-0.2, 0) is 19.9 Å². The van der Waals surface area contributed by atoms with Crippen LogP contribution in [-0.4, -0.2) is 35.4 Å². The lowest BCUT2D eigenvalue weighted by Gasteiger charge is -2.23. The molecule has 5 nitrogen and oxygen atoms in total. The number of hydrogen-bond donors (Lipinski definition) is 0. The van der Waals surface area contributed by atoms with Crippen molar-refractivity contribution in [1.82, 2.24) is 0 Å². The lowest BCUT2D eigenvalue weighted by molar-refractivity contribution is 0.590. The number of sulfone groups is 1. The molecule has 0 aliphatic heterocycles. The minimum absolute atomic E-state index is 0.0852. The molecule has 0 aliphatic rings. The molecule has 138 valence electrons. The van der Waals surface area contributed by atoms with Gasteiger partial charge >= 0.3 is 0 Å². The monoisotopic (exact) mass is 429 g/mol. The second-order valence-corrected chi connectivity index (χ2v) is 11.3. The molecule has 0 aliphatic carbocycles. The molecule has 0 radical (unpaired) electrons. The number of anilines is 1. The molecule has 0 atom stereocenters. The van der Waals surface area contributed by atoms with Gasteiger partial charge in [0.15, 0.2) is 0 Å². The largest absolute Gasteiger partial charge is 0.265 e. The maximum atomic E-state index is 13.2. The summed E-state index contributed by atoms with van der Waals surface area (Å²) < 4.78 is 51.5. The molecule has 0 unspecified atom stereocenters. The number of thiophene rings is 1. The van der Waals surface area contributed by atoms with E-state index in [1.807, 2.05) is 24.3 Å². The summed E-state index contributed by atoms with van der Waals surface area (Å²) in [5.41, 5.74) is 0. The average Bonchev–Trinajstić information content (AvgIpc) is 2.92. The van der Waals surface area contributed by atoms with E-state index in [2.05, 4.69) is 0 Å². The minimum atomic E-state index is -3.95. The first-order valence-electron chi connectivity index (χ1n) is 7.63. The van der Waals surface area contributed by atoms with Crippen molar-refractivity contribution in [1.29, 1.82) is 0 Å². The molecule has 0 bridgehead atoms. The Balaban J connectivity index is 2.16. The predicted molar refractivity (Wildman–Crippen MR) is 108 cm³/mol. The third-order valence-corrected chi connectivity index (χ3v) is 8.28. The molecule has 0 fully saturated rings. The highest BCUT2D eigenvalue weighted by Crippen LogP contribution is 2.43. The number of sulfonamides is 1. The molecular formula is C17H16ClNO4S3. The lowest BCUT2D eigenvalue weighted by atomic mass is 10.3. The van der Waals surface area contributed by atoms with E-state index in [-0.39, 0.29) is 17.2 Å². The molecule has 1 aromatic heterocycles. The molecular weight excluding hydrogens is 414 g/mol. The van der Waals surface area contributed by atoms with Gasteiger partial charge in [0, 0.05) is 22.9 Å². The van der Waals surface area contributed by atoms with Crippen LogP contribution in [0.5, 0.6) is 0 Å². The van der Waals surface area contributed by atoms with E-state index in [9.17, 15) is 16.8 Å². The van der Waals surface area contributed by atoms with Crippen LogP contribution in [0.2, 0.25) is 5.02 Å². The van der Waals surface area contributed by atoms with Gasteiger partial charge in [-0.15, -0.1) is 11.3 Å². The van der Waals surface area contributed by atoms with Crippen LogP contribution < -0.4 is 4.31 Å². The van der Waals surface area contributed by atoms with E-state index >= 15 is 0 Å². The van der Waals surface area contributed by atoms with Gasteiger partial charge in [-0.3, -0.25) is 4.31 Å². The number of rotatable bonds is 6. The van der Waals surface area contributed by atoms with Crippen molar-refractivity contribution < 1.29 is 16.8 Å². The van der Waals surface area contributed by atoms with Crippen LogP contribution in [0.25, 0.3) is 10.1 Å². The Morgan fingerprint density at radius 3 is 2.19 bits per heavy atom. The third-order valence-electron chi connectivity index (χ3n) is 3.74. The third kappa shape index (κ3) is 3.88. The normalized spacial score (nSPS) is 12.4. The summed E-state index contributed by atoms with van der Waals surface area (Å²) >= 11 is 7.67. The van der Waals surface area contributed by atoms with Gasteiger partial charge < -0.3 is 0 Å². The van der Waals surface area contributed by atoms with E-state index in [0.717, 1.165) is 20.6 Å². The average molecular weight is 430 g/mol. The van der Waals surface area contributed by atoms with Crippen LogP contribution in [0.4, 0.5) is 5.00 Å². The second kappa shape index (κ2) is 7.19. The summed E-state index contributed by atoms with van der Waals surface area (Å²) in [7, 11) is -7.31. The zero-order valence-electron chi connectivity index (χ0n) is 13.8. The van der Waals surface area contributed by atoms with E-state index in [0.29, 0.717) is 10.0 Å². The Labute approximate surface area is 161 Å². The van der Waals surface area contributed by atoms with Gasteiger partial charge in [0.25, 0.3) is 10.0 Å². The van der Waals surface area contributed by atoms with Crippen molar-refractivity contribution in [3.05, 3.63) is 59.6 Å². The maximum absolute atomic E-state index is 13.2. The van der Waals surface area contributed by atoms with E-state index in [1.54, 1.807) is 18.2 Å². The van der Waals surface area contributed by atoms with E-state index < -0.39 is 19.9 Å². The molecule has 0 spiro atoms. The fourth-order valence-corrected chi connectivity index (χ4v) is 6.41. The molecule has 3 aromatic rings. The van der Waals surface area contributed by atoms with Gasteiger partial charge in [0.05, 0.1) is 15.7 Å². The first-order chi connectivity index (χ1) is 12.2. The van der Waals surface area contributed by atoms with Crippen LogP contribution in [0, 0.1) is 0 Å². The molecule has 0 saturated heterocycles. The maximum Gasteiger partial charge on any atom is 0.265 e. The highest BCUT2D eigenvalue weighted by atomic mass is 35.5. The van der Waals surface area contributed by atoms with Gasteiger partial charge in [0.1, 0.15) is 14.8 Å². The van der Waals surface area contributed by atoms with Crippen molar-refractivity contribution in [3.63, 3.8) is 0 Å². The molecule has 1 heterocycles. The molecule has 3 rings (SSSR count). The van der Waals surface area contributed by atoms with Crippen LogP contribution in [0.3, 0.4) is 0 Å². The fraction of sp³-hybridized carbons (Fsp3) is 0.176. The molecule has 0 saturated carbocycles. The number of fused-ring (bicyclic) bond motifs is 1. The van der Waals surface area contributed by atoms with Gasteiger partial charge in [-0.1, -0.05) is 48.0 Å². The highest BCUT2D eigenvalue weighted by molar-refractivity contribution is 7.93. The second-order valence-electron chi connectivity index (χ2n) is 5.74. The molecule has 9 heteroatoms. The Morgan fingerprint density at radius 1 is 0.962 bits per heavy atom. The zero-order chi connectivity index (χ0) is 18.9. The van der Waals surface area contributed by atoms with Crippen LogP contribution >= 0.6 is 22.9 Å². The number of nitrogens with zero attached hydrogens (tertiary/aromatic N) is 1. The standard InChI is InChI=1S/C17H16ClNO4S3/c1-25(20,21)12-11-19(26(22,23)13-7-3-2-4-8-13)17-16(18)14-9-5-6-10-15(14)24-17/h2-10H,11-12H2,1H3. The highest BCUT2D eigenvalue weighted by Gasteiger charge is 2.29. The van der Waals surface area contributed by atoms with Gasteiger partial charge in [-0.05, 0) is 18.2 Å². The van der Waals surface area contributed by atoms with E-state index in [4.69, 9.17) is 11.6 Å². The number of hydrogen-bond acceptors (Lipinski definition) is 5. The minimum Gasteiger partial charge on any atom is -0.255 e. The van der Waals surface area contributed by atoms with Gasteiger partial charge in [-0.2, -0.15) is 0 Å². The number of halogens is 1. The van der Waals surface area contributed by atoms with E-state index in [1.165, 1.54) is 23.5 Å². The first kappa shape index (κ1) is 19.2. The smallest absolute Gasteiger partial charge is 0.255 e. The number of benzene rings is 2. The van der Waals surface area contributed by atoms with Gasteiger partial charge in [0.2, 0.25) is 0 Å². The molecule has 26 heavy (non-hydrogen) atoms. The van der Waals surface area contributed by atoms with Crippen molar-refractivity contribution >= 4 is 57.9 Å². The summed E-state index contributed by atoms with van der Waals surface area (Å²) in [6.07, 6.45) is 1.08. The predicted octanol–water partition coefficient (Wildman–Crippen LogP) is 3.79. The van der Waals surface area contributed by atoms with Crippen molar-refractivity contribution in [2.75, 3.05) is 22.9 Å². The van der Waals surface area contributed by atoms with Crippen LogP contribution in [0.1, 0.15) is 0 Å². The fourth-order valence-electron chi connectivity index (χ4n) is 2.46. The zero-order valence-corrected chi connectivity index (χ0v) is 17.0. The molecule has 0 N–H and O–H groups in total. The molecule has 2 aromatic carbocycles. The Hall–Kier alpha value is -1.61. The van der Waals surface area contributed by atoms with Crippen molar-refractivity contribution in [2.45, 2.75) is 4.90 Å². The van der Waals surface area contributed by atoms with Crippen molar-refractivity contribution in [3.8, 4) is 0 Å². The Bertz CT molecular complexity index is 1140. The topological polar surface area (TPSA) is 71.5 Å². The molecule has 0 amide bonds. The first-order valence-corrected chi connectivity index (χ1v) is 12.3. The quantitative estimate of drug-likeness (QED) is 0.597.